The van der Waals surface area contributed by atoms with E-state index < -0.39 is 5.60 Å². The molecule has 0 amide bonds. The summed E-state index contributed by atoms with van der Waals surface area (Å²) >= 11 is 0. The van der Waals surface area contributed by atoms with Gasteiger partial charge >= 0.3 is 5.97 Å². The molecule has 0 aromatic heterocycles. The molecule has 0 radical (unpaired) electrons. The average Bonchev–Trinajstić information content (AvgIpc) is 2.96. The second-order valence-corrected chi connectivity index (χ2v) is 6.22. The van der Waals surface area contributed by atoms with Crippen LogP contribution in [0.1, 0.15) is 43.0 Å². The van der Waals surface area contributed by atoms with Crippen LogP contribution in [-0.4, -0.2) is 12.3 Å². The van der Waals surface area contributed by atoms with E-state index in [0.29, 0.717) is 11.1 Å². The Morgan fingerprint density at radius 1 is 0.840 bits per heavy atom. The standard InChI is InChI=1S/C22H16O3/c1-15-6-10-17(11-7-15)22(18-12-8-16(14-23)9-13-18)20-5-3-2-4-19(20)21(24)25-22/h2-14H,1H3. The van der Waals surface area contributed by atoms with Crippen molar-refractivity contribution in [2.75, 3.05) is 0 Å². The number of aryl methyl sites for hydroxylation is 1. The zero-order valence-corrected chi connectivity index (χ0v) is 13.7. The third kappa shape index (κ3) is 2.28. The minimum atomic E-state index is -0.997. The molecule has 25 heavy (non-hydrogen) atoms. The van der Waals surface area contributed by atoms with Crippen molar-refractivity contribution in [2.45, 2.75) is 12.5 Å². The van der Waals surface area contributed by atoms with Gasteiger partial charge in [-0.25, -0.2) is 4.79 Å². The minimum Gasteiger partial charge on any atom is -0.441 e. The topological polar surface area (TPSA) is 43.4 Å². The Morgan fingerprint density at radius 3 is 2.08 bits per heavy atom. The molecule has 1 aliphatic heterocycles. The highest BCUT2D eigenvalue weighted by atomic mass is 16.6. The summed E-state index contributed by atoms with van der Waals surface area (Å²) in [4.78, 5) is 23.5. The molecule has 1 heterocycles. The lowest BCUT2D eigenvalue weighted by Crippen LogP contribution is -2.29. The number of benzene rings is 3. The predicted molar refractivity (Wildman–Crippen MR) is 94.7 cm³/mol. The fourth-order valence-electron chi connectivity index (χ4n) is 3.40. The van der Waals surface area contributed by atoms with Crippen LogP contribution in [0, 0.1) is 6.92 Å². The van der Waals surface area contributed by atoms with Crippen LogP contribution in [0.5, 0.6) is 0 Å². The Morgan fingerprint density at radius 2 is 1.44 bits per heavy atom. The molecule has 0 saturated carbocycles. The van der Waals surface area contributed by atoms with Crippen molar-refractivity contribution >= 4 is 12.3 Å². The zero-order valence-electron chi connectivity index (χ0n) is 13.7. The number of fused-ring (bicyclic) bond motifs is 1. The van der Waals surface area contributed by atoms with E-state index in [-0.39, 0.29) is 5.97 Å². The number of esters is 1. The quantitative estimate of drug-likeness (QED) is 0.533. The highest BCUT2D eigenvalue weighted by Crippen LogP contribution is 2.46. The summed E-state index contributed by atoms with van der Waals surface area (Å²) < 4.78 is 5.98. The lowest BCUT2D eigenvalue weighted by atomic mass is 9.79. The molecule has 1 aliphatic rings. The van der Waals surface area contributed by atoms with Gasteiger partial charge in [-0.05, 0) is 13.0 Å². The van der Waals surface area contributed by atoms with Gasteiger partial charge in [0.25, 0.3) is 0 Å². The molecule has 0 aliphatic carbocycles. The molecule has 0 bridgehead atoms. The molecular formula is C22H16O3. The third-order valence-corrected chi connectivity index (χ3v) is 4.68. The van der Waals surface area contributed by atoms with Crippen molar-refractivity contribution in [3.05, 3.63) is 106 Å². The maximum absolute atomic E-state index is 12.5. The molecule has 0 spiro atoms. The van der Waals surface area contributed by atoms with E-state index in [1.54, 1.807) is 18.2 Å². The Labute approximate surface area is 145 Å². The maximum Gasteiger partial charge on any atom is 0.340 e. The maximum atomic E-state index is 12.5. The molecule has 0 N–H and O–H groups in total. The highest BCUT2D eigenvalue weighted by molar-refractivity contribution is 5.96. The Balaban J connectivity index is 2.01. The first-order chi connectivity index (χ1) is 12.1. The number of aldehydes is 1. The monoisotopic (exact) mass is 328 g/mol. The van der Waals surface area contributed by atoms with Gasteiger partial charge < -0.3 is 4.74 Å². The van der Waals surface area contributed by atoms with Gasteiger partial charge in [0.1, 0.15) is 6.29 Å². The van der Waals surface area contributed by atoms with E-state index in [2.05, 4.69) is 0 Å². The summed E-state index contributed by atoms with van der Waals surface area (Å²) in [5.74, 6) is -0.337. The van der Waals surface area contributed by atoms with Crippen LogP contribution in [0.15, 0.2) is 72.8 Å². The SMILES string of the molecule is Cc1ccc(C2(c3ccc(C=O)cc3)OC(=O)c3ccccc32)cc1. The number of hydrogen-bond donors (Lipinski definition) is 0. The van der Waals surface area contributed by atoms with Crippen molar-refractivity contribution in [3.8, 4) is 0 Å². The van der Waals surface area contributed by atoms with E-state index in [1.807, 2.05) is 61.5 Å². The minimum absolute atomic E-state index is 0.337. The molecule has 3 aromatic rings. The van der Waals surface area contributed by atoms with Crippen LogP contribution in [-0.2, 0) is 10.3 Å². The first-order valence-corrected chi connectivity index (χ1v) is 8.11. The van der Waals surface area contributed by atoms with Crippen LogP contribution in [0.3, 0.4) is 0 Å². The zero-order chi connectivity index (χ0) is 17.4. The molecule has 4 rings (SSSR count). The normalized spacial score (nSPS) is 18.5. The van der Waals surface area contributed by atoms with Crippen molar-refractivity contribution in [3.63, 3.8) is 0 Å². The van der Waals surface area contributed by atoms with E-state index in [1.165, 1.54) is 0 Å². The fourth-order valence-corrected chi connectivity index (χ4v) is 3.40. The number of carbonyl (C=O) groups is 2. The molecule has 1 unspecified atom stereocenters. The van der Waals surface area contributed by atoms with Gasteiger partial charge in [-0.3, -0.25) is 4.79 Å². The molecule has 0 fully saturated rings. The first kappa shape index (κ1) is 15.3. The van der Waals surface area contributed by atoms with Crippen molar-refractivity contribution in [2.24, 2.45) is 0 Å². The van der Waals surface area contributed by atoms with Crippen LogP contribution in [0.4, 0.5) is 0 Å². The number of cyclic esters (lactones) is 1. The molecule has 0 saturated heterocycles. The largest absolute Gasteiger partial charge is 0.441 e. The van der Waals surface area contributed by atoms with Gasteiger partial charge in [-0.2, -0.15) is 0 Å². The number of carbonyl (C=O) groups excluding carboxylic acids is 2. The van der Waals surface area contributed by atoms with Crippen molar-refractivity contribution in [1.82, 2.24) is 0 Å². The smallest absolute Gasteiger partial charge is 0.340 e. The van der Waals surface area contributed by atoms with Gasteiger partial charge in [0.15, 0.2) is 5.60 Å². The van der Waals surface area contributed by atoms with Crippen LogP contribution in [0.2, 0.25) is 0 Å². The lowest BCUT2D eigenvalue weighted by molar-refractivity contribution is 0.0251. The summed E-state index contributed by atoms with van der Waals surface area (Å²) in [7, 11) is 0. The molecule has 3 heteroatoms. The second kappa shape index (κ2) is 5.71. The number of ether oxygens (including phenoxy) is 1. The van der Waals surface area contributed by atoms with Crippen LogP contribution < -0.4 is 0 Å². The Kier molecular flexibility index (Phi) is 3.50. The summed E-state index contributed by atoms with van der Waals surface area (Å²) in [6.45, 7) is 2.02. The molecule has 3 nitrogen and oxygen atoms in total. The van der Waals surface area contributed by atoms with E-state index in [0.717, 1.165) is 28.5 Å². The van der Waals surface area contributed by atoms with E-state index in [9.17, 15) is 9.59 Å². The highest BCUT2D eigenvalue weighted by Gasteiger charge is 2.48. The van der Waals surface area contributed by atoms with E-state index >= 15 is 0 Å². The summed E-state index contributed by atoms with van der Waals surface area (Å²) in [5, 5.41) is 0. The predicted octanol–water partition coefficient (Wildman–Crippen LogP) is 4.27. The van der Waals surface area contributed by atoms with Crippen LogP contribution in [0.25, 0.3) is 0 Å². The number of hydrogen-bond acceptors (Lipinski definition) is 3. The fraction of sp³-hybridized carbons (Fsp3) is 0.0909. The Bertz CT molecular complexity index is 955. The van der Waals surface area contributed by atoms with E-state index in [4.69, 9.17) is 4.74 Å². The van der Waals surface area contributed by atoms with Crippen molar-refractivity contribution in [1.29, 1.82) is 0 Å². The first-order valence-electron chi connectivity index (χ1n) is 8.11. The Hall–Kier alpha value is -3.20. The molecule has 1 atom stereocenters. The van der Waals surface area contributed by atoms with Gasteiger partial charge in [-0.1, -0.05) is 72.3 Å². The second-order valence-electron chi connectivity index (χ2n) is 6.22. The summed E-state index contributed by atoms with van der Waals surface area (Å²) in [6, 6.07) is 22.6. The van der Waals surface area contributed by atoms with Gasteiger partial charge in [-0.15, -0.1) is 0 Å². The van der Waals surface area contributed by atoms with Gasteiger partial charge in [0.2, 0.25) is 0 Å². The lowest BCUT2D eigenvalue weighted by Gasteiger charge is -2.30. The van der Waals surface area contributed by atoms with Gasteiger partial charge in [0, 0.05) is 22.3 Å². The molecular weight excluding hydrogens is 312 g/mol. The average molecular weight is 328 g/mol. The van der Waals surface area contributed by atoms with Crippen molar-refractivity contribution < 1.29 is 14.3 Å². The van der Waals surface area contributed by atoms with Gasteiger partial charge in [0.05, 0.1) is 5.56 Å². The molecule has 122 valence electrons. The van der Waals surface area contributed by atoms with Crippen LogP contribution >= 0.6 is 0 Å². The third-order valence-electron chi connectivity index (χ3n) is 4.68. The number of rotatable bonds is 3. The summed E-state index contributed by atoms with van der Waals surface area (Å²) in [6.07, 6.45) is 0.803. The summed E-state index contributed by atoms with van der Waals surface area (Å²) in [5.41, 5.74) is 3.82. The molecule has 3 aromatic carbocycles.